The molecule has 0 amide bonds. The number of aliphatic hydroxyl groups excluding tert-OH is 1. The van der Waals surface area contributed by atoms with Gasteiger partial charge in [0.2, 0.25) is 0 Å². The number of nitrogens with zero attached hydrogens (tertiary/aromatic N) is 6. The number of hydrogen-bond donors (Lipinski definition) is 1. The summed E-state index contributed by atoms with van der Waals surface area (Å²) in [6, 6.07) is 6.73. The monoisotopic (exact) mass is 410 g/mol. The van der Waals surface area contributed by atoms with Gasteiger partial charge in [-0.1, -0.05) is 17.4 Å². The SMILES string of the molecule is CC(c1ccc2nccnc2c1)N1CCN(c2nc3c(s2)C(O)N(C)CC3)CC1. The third-order valence-corrected chi connectivity index (χ3v) is 7.38. The van der Waals surface area contributed by atoms with E-state index in [2.05, 4.69) is 44.9 Å². The number of likely N-dealkylation sites (N-methyl/N-ethyl adjacent to an activating group) is 1. The first-order chi connectivity index (χ1) is 14.1. The zero-order valence-electron chi connectivity index (χ0n) is 16.8. The molecule has 0 radical (unpaired) electrons. The topological polar surface area (TPSA) is 68.6 Å². The molecule has 1 fully saturated rings. The molecule has 2 aliphatic rings. The zero-order chi connectivity index (χ0) is 20.0. The predicted molar refractivity (Wildman–Crippen MR) is 115 cm³/mol. The molecule has 29 heavy (non-hydrogen) atoms. The summed E-state index contributed by atoms with van der Waals surface area (Å²) in [5, 5.41) is 11.5. The van der Waals surface area contributed by atoms with Crippen LogP contribution < -0.4 is 4.90 Å². The third kappa shape index (κ3) is 3.50. The molecule has 0 bridgehead atoms. The van der Waals surface area contributed by atoms with Crippen molar-refractivity contribution in [3.8, 4) is 0 Å². The van der Waals surface area contributed by atoms with E-state index in [0.29, 0.717) is 6.04 Å². The van der Waals surface area contributed by atoms with Crippen LogP contribution in [0, 0.1) is 0 Å². The van der Waals surface area contributed by atoms with Crippen LogP contribution in [0.2, 0.25) is 0 Å². The number of aromatic nitrogens is 3. The van der Waals surface area contributed by atoms with E-state index in [0.717, 1.165) is 65.9 Å². The van der Waals surface area contributed by atoms with E-state index in [1.165, 1.54) is 5.56 Å². The van der Waals surface area contributed by atoms with E-state index < -0.39 is 6.23 Å². The Morgan fingerprint density at radius 3 is 2.62 bits per heavy atom. The summed E-state index contributed by atoms with van der Waals surface area (Å²) in [6.07, 6.45) is 3.89. The lowest BCUT2D eigenvalue weighted by molar-refractivity contribution is 0.0155. The van der Waals surface area contributed by atoms with Crippen molar-refractivity contribution in [2.24, 2.45) is 0 Å². The highest BCUT2D eigenvalue weighted by Crippen LogP contribution is 2.36. The fourth-order valence-corrected chi connectivity index (χ4v) is 5.44. The van der Waals surface area contributed by atoms with Crippen molar-refractivity contribution in [2.45, 2.75) is 25.6 Å². The van der Waals surface area contributed by atoms with Gasteiger partial charge in [-0.05, 0) is 31.7 Å². The highest BCUT2D eigenvalue weighted by molar-refractivity contribution is 7.15. The molecule has 0 saturated carbocycles. The van der Waals surface area contributed by atoms with Crippen LogP contribution >= 0.6 is 11.3 Å². The second kappa shape index (κ2) is 7.60. The molecule has 2 unspecified atom stereocenters. The number of hydrogen-bond acceptors (Lipinski definition) is 8. The molecule has 3 aromatic rings. The van der Waals surface area contributed by atoms with Crippen molar-refractivity contribution in [1.29, 1.82) is 0 Å². The Morgan fingerprint density at radius 1 is 1.07 bits per heavy atom. The number of anilines is 1. The first-order valence-corrected chi connectivity index (χ1v) is 11.0. The summed E-state index contributed by atoms with van der Waals surface area (Å²) in [6.45, 7) is 7.02. The molecular formula is C21H26N6OS. The average molecular weight is 411 g/mol. The minimum absolute atomic E-state index is 0.337. The van der Waals surface area contributed by atoms with Gasteiger partial charge in [-0.3, -0.25) is 19.8 Å². The number of thiazole rings is 1. The maximum atomic E-state index is 10.4. The minimum Gasteiger partial charge on any atom is -0.373 e. The largest absolute Gasteiger partial charge is 0.373 e. The van der Waals surface area contributed by atoms with Crippen molar-refractivity contribution >= 4 is 27.5 Å². The Bertz CT molecular complexity index is 1020. The zero-order valence-corrected chi connectivity index (χ0v) is 17.6. The van der Waals surface area contributed by atoms with Crippen molar-refractivity contribution in [3.63, 3.8) is 0 Å². The van der Waals surface area contributed by atoms with Crippen LogP contribution in [0.5, 0.6) is 0 Å². The minimum atomic E-state index is -0.512. The molecule has 8 heteroatoms. The molecule has 5 rings (SSSR count). The normalized spacial score (nSPS) is 22.0. The summed E-state index contributed by atoms with van der Waals surface area (Å²) in [4.78, 5) is 21.5. The summed E-state index contributed by atoms with van der Waals surface area (Å²) in [7, 11) is 1.96. The quantitative estimate of drug-likeness (QED) is 0.711. The van der Waals surface area contributed by atoms with E-state index >= 15 is 0 Å². The maximum absolute atomic E-state index is 10.4. The van der Waals surface area contributed by atoms with Gasteiger partial charge in [-0.2, -0.15) is 0 Å². The first kappa shape index (κ1) is 18.9. The third-order valence-electron chi connectivity index (χ3n) is 6.18. The lowest BCUT2D eigenvalue weighted by atomic mass is 10.1. The Labute approximate surface area is 174 Å². The molecule has 152 valence electrons. The van der Waals surface area contributed by atoms with Gasteiger partial charge in [-0.15, -0.1) is 0 Å². The van der Waals surface area contributed by atoms with Gasteiger partial charge in [-0.25, -0.2) is 4.98 Å². The smallest absolute Gasteiger partial charge is 0.186 e. The first-order valence-electron chi connectivity index (χ1n) is 10.2. The van der Waals surface area contributed by atoms with Crippen molar-refractivity contribution in [1.82, 2.24) is 24.8 Å². The number of rotatable bonds is 3. The maximum Gasteiger partial charge on any atom is 0.186 e. The van der Waals surface area contributed by atoms with Gasteiger partial charge in [0, 0.05) is 57.6 Å². The Hall–Kier alpha value is -2.13. The fourth-order valence-electron chi connectivity index (χ4n) is 4.22. The highest BCUT2D eigenvalue weighted by Gasteiger charge is 2.30. The molecule has 1 aromatic carbocycles. The van der Waals surface area contributed by atoms with E-state index in [4.69, 9.17) is 4.98 Å². The molecule has 2 aromatic heterocycles. The van der Waals surface area contributed by atoms with Crippen molar-refractivity contribution in [2.75, 3.05) is 44.7 Å². The summed E-state index contributed by atoms with van der Waals surface area (Å²) < 4.78 is 0. The second-order valence-corrected chi connectivity index (χ2v) is 8.92. The van der Waals surface area contributed by atoms with Gasteiger partial charge in [0.05, 0.1) is 21.6 Å². The molecule has 1 saturated heterocycles. The van der Waals surface area contributed by atoms with Crippen LogP contribution in [0.25, 0.3) is 11.0 Å². The predicted octanol–water partition coefficient (Wildman–Crippen LogP) is 2.45. The second-order valence-electron chi connectivity index (χ2n) is 7.92. The molecule has 2 atom stereocenters. The fraction of sp³-hybridized carbons (Fsp3) is 0.476. The van der Waals surface area contributed by atoms with Crippen molar-refractivity contribution in [3.05, 3.63) is 46.7 Å². The molecule has 4 heterocycles. The molecule has 7 nitrogen and oxygen atoms in total. The molecule has 0 spiro atoms. The van der Waals surface area contributed by atoms with Crippen LogP contribution in [0.1, 0.15) is 35.3 Å². The summed E-state index contributed by atoms with van der Waals surface area (Å²) in [5.74, 6) is 0. The van der Waals surface area contributed by atoms with Crippen LogP contribution in [0.15, 0.2) is 30.6 Å². The number of fused-ring (bicyclic) bond motifs is 2. The van der Waals surface area contributed by atoms with Crippen LogP contribution in [0.4, 0.5) is 5.13 Å². The van der Waals surface area contributed by atoms with Crippen LogP contribution in [0.3, 0.4) is 0 Å². The molecule has 0 aliphatic carbocycles. The Morgan fingerprint density at radius 2 is 1.83 bits per heavy atom. The van der Waals surface area contributed by atoms with Gasteiger partial charge in [0.1, 0.15) is 6.23 Å². The lowest BCUT2D eigenvalue weighted by Gasteiger charge is -2.38. The van der Waals surface area contributed by atoms with Crippen LogP contribution in [-0.4, -0.2) is 69.6 Å². The average Bonchev–Trinajstić information content (AvgIpc) is 3.21. The lowest BCUT2D eigenvalue weighted by Crippen LogP contribution is -2.47. The highest BCUT2D eigenvalue weighted by atomic mass is 32.1. The Balaban J connectivity index is 1.27. The molecule has 2 aliphatic heterocycles. The standard InChI is InChI=1S/C21H26N6OS/c1-14(15-3-4-16-18(13-15)23-7-6-22-16)26-9-11-27(12-10-26)21-24-17-5-8-25(2)20(28)19(17)29-21/h3-4,6-7,13-14,20,28H,5,8-12H2,1-2H3. The van der Waals surface area contributed by atoms with E-state index in [1.807, 2.05) is 11.9 Å². The number of aliphatic hydroxyl groups is 1. The van der Waals surface area contributed by atoms with Crippen molar-refractivity contribution < 1.29 is 5.11 Å². The Kier molecular flexibility index (Phi) is 4.95. The van der Waals surface area contributed by atoms with Crippen LogP contribution in [-0.2, 0) is 6.42 Å². The number of piperazine rings is 1. The van der Waals surface area contributed by atoms with E-state index in [1.54, 1.807) is 23.7 Å². The molecule has 1 N–H and O–H groups in total. The van der Waals surface area contributed by atoms with Gasteiger partial charge in [0.25, 0.3) is 0 Å². The number of benzene rings is 1. The van der Waals surface area contributed by atoms with E-state index in [9.17, 15) is 5.11 Å². The van der Waals surface area contributed by atoms with E-state index in [-0.39, 0.29) is 0 Å². The molecular weight excluding hydrogens is 384 g/mol. The summed E-state index contributed by atoms with van der Waals surface area (Å²) in [5.41, 5.74) is 4.24. The van der Waals surface area contributed by atoms with Gasteiger partial charge >= 0.3 is 0 Å². The van der Waals surface area contributed by atoms with Gasteiger partial charge < -0.3 is 10.0 Å². The van der Waals surface area contributed by atoms with Gasteiger partial charge in [0.15, 0.2) is 5.13 Å². The summed E-state index contributed by atoms with van der Waals surface area (Å²) >= 11 is 1.65.